The molecule has 6 aromatic carbocycles. The van der Waals surface area contributed by atoms with E-state index < -0.39 is 5.41 Å². The first-order valence-electron chi connectivity index (χ1n) is 21.0. The molecule has 4 nitrogen and oxygen atoms in total. The predicted octanol–water partition coefficient (Wildman–Crippen LogP) is 13.0. The van der Waals surface area contributed by atoms with Crippen LogP contribution in [0.15, 0.2) is 146 Å². The number of aromatic nitrogens is 4. The Balaban J connectivity index is 1.17. The minimum Gasteiger partial charge on any atom is -0.309 e. The number of para-hydroxylation sites is 2. The standard InChI is InChI=1S/C53H48N4/c1-33-27-35-29-34(2)53(39(28-33)30-35,38-24-26-48-44(32-38)43-20-12-14-22-47(43)57(48)40-17-9-6-10-18-40)51-55-49(36-15-7-5-8-16-36)54-50(56-51)37-23-25-42-41-19-11-13-21-45(41)52(3,4)46(42)31-37/h5-26,31-35,39H,27-30H2,1-4H3. The van der Waals surface area contributed by atoms with E-state index in [1.807, 2.05) is 0 Å². The number of fused-ring (bicyclic) bond motifs is 8. The second kappa shape index (κ2) is 12.8. The van der Waals surface area contributed by atoms with E-state index in [4.69, 9.17) is 15.0 Å². The predicted molar refractivity (Wildman–Crippen MR) is 234 cm³/mol. The summed E-state index contributed by atoms with van der Waals surface area (Å²) in [6.45, 7) is 9.66. The van der Waals surface area contributed by atoms with Crippen LogP contribution in [0, 0.1) is 23.7 Å². The number of hydrogen-bond donors (Lipinski definition) is 0. The van der Waals surface area contributed by atoms with Crippen LogP contribution in [0.5, 0.6) is 0 Å². The smallest absolute Gasteiger partial charge is 0.163 e. The van der Waals surface area contributed by atoms with Crippen LogP contribution in [0.4, 0.5) is 0 Å². The van der Waals surface area contributed by atoms with Gasteiger partial charge in [0.25, 0.3) is 0 Å². The Kier molecular flexibility index (Phi) is 7.74. The van der Waals surface area contributed by atoms with Gasteiger partial charge in [-0.3, -0.25) is 0 Å². The minimum atomic E-state index is -0.400. The zero-order valence-electron chi connectivity index (χ0n) is 33.3. The second-order valence-corrected chi connectivity index (χ2v) is 17.9. The first kappa shape index (κ1) is 34.4. The summed E-state index contributed by atoms with van der Waals surface area (Å²) in [4.78, 5) is 16.7. The van der Waals surface area contributed by atoms with E-state index in [-0.39, 0.29) is 5.41 Å². The molecule has 0 amide bonds. The summed E-state index contributed by atoms with van der Waals surface area (Å²) in [5, 5.41) is 2.55. The molecule has 5 atom stereocenters. The molecule has 0 radical (unpaired) electrons. The lowest BCUT2D eigenvalue weighted by Crippen LogP contribution is -2.51. The average Bonchev–Trinajstić information content (AvgIpc) is 3.69. The number of benzene rings is 6. The largest absolute Gasteiger partial charge is 0.309 e. The van der Waals surface area contributed by atoms with Gasteiger partial charge in [-0.2, -0.15) is 0 Å². The Morgan fingerprint density at radius 3 is 2.05 bits per heavy atom. The van der Waals surface area contributed by atoms with E-state index in [1.54, 1.807) is 0 Å². The van der Waals surface area contributed by atoms with Crippen molar-refractivity contribution >= 4 is 21.8 Å². The Labute approximate surface area is 335 Å². The summed E-state index contributed by atoms with van der Waals surface area (Å²) in [7, 11) is 0. The third kappa shape index (κ3) is 5.15. The van der Waals surface area contributed by atoms with Gasteiger partial charge < -0.3 is 4.57 Å². The van der Waals surface area contributed by atoms with Crippen LogP contribution in [0.25, 0.3) is 61.4 Å². The molecule has 2 saturated carbocycles. The van der Waals surface area contributed by atoms with Crippen molar-refractivity contribution in [1.82, 2.24) is 19.5 Å². The molecule has 0 saturated heterocycles. The van der Waals surface area contributed by atoms with Gasteiger partial charge in [-0.05, 0) is 114 Å². The lowest BCUT2D eigenvalue weighted by atomic mass is 9.50. The minimum absolute atomic E-state index is 0.124. The maximum absolute atomic E-state index is 5.71. The van der Waals surface area contributed by atoms with Crippen molar-refractivity contribution in [3.8, 4) is 39.6 Å². The van der Waals surface area contributed by atoms with Crippen LogP contribution in [0.3, 0.4) is 0 Å². The van der Waals surface area contributed by atoms with Crippen molar-refractivity contribution in [3.05, 3.63) is 168 Å². The molecule has 2 heterocycles. The van der Waals surface area contributed by atoms with E-state index in [2.05, 4.69) is 178 Å². The highest BCUT2D eigenvalue weighted by molar-refractivity contribution is 6.09. The number of hydrogen-bond acceptors (Lipinski definition) is 3. The number of nitrogens with zero attached hydrogens (tertiary/aromatic N) is 4. The van der Waals surface area contributed by atoms with Gasteiger partial charge in [0.15, 0.2) is 11.6 Å². The van der Waals surface area contributed by atoms with E-state index in [1.165, 1.54) is 68.2 Å². The fourth-order valence-corrected chi connectivity index (χ4v) is 11.8. The van der Waals surface area contributed by atoms with Gasteiger partial charge in [0, 0.05) is 33.0 Å². The van der Waals surface area contributed by atoms with Crippen LogP contribution in [-0.4, -0.2) is 19.5 Å². The zero-order valence-corrected chi connectivity index (χ0v) is 33.3. The summed E-state index contributed by atoms with van der Waals surface area (Å²) in [5.74, 6) is 4.54. The quantitative estimate of drug-likeness (QED) is 0.176. The Hall–Kier alpha value is -5.87. The topological polar surface area (TPSA) is 43.6 Å². The van der Waals surface area contributed by atoms with Crippen molar-refractivity contribution in [1.29, 1.82) is 0 Å². The van der Waals surface area contributed by atoms with E-state index in [0.717, 1.165) is 47.4 Å². The molecule has 3 aliphatic rings. The van der Waals surface area contributed by atoms with Crippen molar-refractivity contribution in [2.45, 2.75) is 64.2 Å². The SMILES string of the molecule is CC1CC2CC(C)C(c3ccc4c(c3)c3ccccc3n4-c3ccccc3)(c3nc(-c4ccccc4)nc(-c4ccc5c(c4)C(C)(C)c4ccccc4-5)n3)C(C1)C2. The molecule has 3 aliphatic carbocycles. The molecule has 280 valence electrons. The van der Waals surface area contributed by atoms with Crippen LogP contribution in [0.1, 0.15) is 75.9 Å². The maximum Gasteiger partial charge on any atom is 0.163 e. The van der Waals surface area contributed by atoms with Gasteiger partial charge in [0.1, 0.15) is 5.82 Å². The molecule has 57 heavy (non-hydrogen) atoms. The molecular formula is C53H48N4. The fraction of sp³-hybridized carbons (Fsp3) is 0.264. The average molecular weight is 741 g/mol. The zero-order chi connectivity index (χ0) is 38.5. The van der Waals surface area contributed by atoms with E-state index in [0.29, 0.717) is 17.8 Å². The van der Waals surface area contributed by atoms with Gasteiger partial charge >= 0.3 is 0 Å². The van der Waals surface area contributed by atoms with E-state index in [9.17, 15) is 0 Å². The highest BCUT2D eigenvalue weighted by Gasteiger charge is 2.55. The third-order valence-electron chi connectivity index (χ3n) is 14.2. The molecule has 0 N–H and O–H groups in total. The molecule has 4 heteroatoms. The van der Waals surface area contributed by atoms with Crippen molar-refractivity contribution in [3.63, 3.8) is 0 Å². The van der Waals surface area contributed by atoms with Gasteiger partial charge in [0.05, 0.1) is 16.4 Å². The highest BCUT2D eigenvalue weighted by Crippen LogP contribution is 2.59. The molecule has 11 rings (SSSR count). The maximum atomic E-state index is 5.71. The summed E-state index contributed by atoms with van der Waals surface area (Å²) in [6, 6.07) is 53.3. The van der Waals surface area contributed by atoms with Crippen molar-refractivity contribution in [2.24, 2.45) is 23.7 Å². The summed E-state index contributed by atoms with van der Waals surface area (Å²) in [5.41, 5.74) is 11.8. The normalized spacial score (nSPS) is 23.4. The molecule has 2 aromatic heterocycles. The molecule has 2 fully saturated rings. The van der Waals surface area contributed by atoms with Crippen molar-refractivity contribution < 1.29 is 0 Å². The van der Waals surface area contributed by atoms with Gasteiger partial charge in [-0.15, -0.1) is 0 Å². The van der Waals surface area contributed by atoms with Crippen LogP contribution in [-0.2, 0) is 10.8 Å². The first-order chi connectivity index (χ1) is 27.8. The summed E-state index contributed by atoms with van der Waals surface area (Å²) < 4.78 is 2.42. The van der Waals surface area contributed by atoms with Crippen LogP contribution in [0.2, 0.25) is 0 Å². The monoisotopic (exact) mass is 740 g/mol. The lowest BCUT2D eigenvalue weighted by Gasteiger charge is -2.54. The summed E-state index contributed by atoms with van der Waals surface area (Å²) in [6.07, 6.45) is 4.84. The van der Waals surface area contributed by atoms with Gasteiger partial charge in [0.2, 0.25) is 0 Å². The second-order valence-electron chi connectivity index (χ2n) is 17.9. The van der Waals surface area contributed by atoms with Crippen molar-refractivity contribution in [2.75, 3.05) is 0 Å². The molecule has 8 aromatic rings. The Bertz CT molecular complexity index is 2830. The van der Waals surface area contributed by atoms with Crippen LogP contribution >= 0.6 is 0 Å². The van der Waals surface area contributed by atoms with Gasteiger partial charge in [-0.1, -0.05) is 137 Å². The van der Waals surface area contributed by atoms with E-state index >= 15 is 0 Å². The van der Waals surface area contributed by atoms with Gasteiger partial charge in [-0.25, -0.2) is 15.0 Å². The molecule has 5 unspecified atom stereocenters. The highest BCUT2D eigenvalue weighted by atomic mass is 15.1. The molecule has 0 spiro atoms. The molecular weight excluding hydrogens is 693 g/mol. The molecule has 2 bridgehead atoms. The Morgan fingerprint density at radius 2 is 1.23 bits per heavy atom. The first-order valence-corrected chi connectivity index (χ1v) is 21.0. The van der Waals surface area contributed by atoms with Crippen LogP contribution < -0.4 is 0 Å². The third-order valence-corrected chi connectivity index (χ3v) is 14.2. The molecule has 0 aliphatic heterocycles. The fourth-order valence-electron chi connectivity index (χ4n) is 11.8. The number of rotatable bonds is 5. The summed E-state index contributed by atoms with van der Waals surface area (Å²) >= 11 is 0. The Morgan fingerprint density at radius 1 is 0.544 bits per heavy atom. The lowest BCUT2D eigenvalue weighted by molar-refractivity contribution is 0.0355.